The van der Waals surface area contributed by atoms with Crippen molar-refractivity contribution in [3.8, 4) is 0 Å². The number of piperidine rings is 1. The van der Waals surface area contributed by atoms with Crippen molar-refractivity contribution in [2.45, 2.75) is 45.2 Å². The lowest BCUT2D eigenvalue weighted by Gasteiger charge is -2.30. The summed E-state index contributed by atoms with van der Waals surface area (Å²) >= 11 is 0. The van der Waals surface area contributed by atoms with Gasteiger partial charge in [-0.1, -0.05) is 42.5 Å². The highest BCUT2D eigenvalue weighted by Gasteiger charge is 2.29. The minimum Gasteiger partial charge on any atom is -0.348 e. The Morgan fingerprint density at radius 1 is 1.10 bits per heavy atom. The van der Waals surface area contributed by atoms with E-state index in [1.54, 1.807) is 4.90 Å². The van der Waals surface area contributed by atoms with Crippen LogP contribution >= 0.6 is 0 Å². The first kappa shape index (κ1) is 20.3. The molecule has 2 amide bonds. The summed E-state index contributed by atoms with van der Waals surface area (Å²) in [4.78, 5) is 26.7. The lowest BCUT2D eigenvalue weighted by Crippen LogP contribution is -3.12. The number of hydrazone groups is 1. The molecule has 6 heteroatoms. The third-order valence-electron chi connectivity index (χ3n) is 5.87. The van der Waals surface area contributed by atoms with Gasteiger partial charge >= 0.3 is 0 Å². The summed E-state index contributed by atoms with van der Waals surface area (Å²) in [5.41, 5.74) is 3.56. The molecule has 0 spiro atoms. The second-order valence-corrected chi connectivity index (χ2v) is 8.25. The lowest BCUT2D eigenvalue weighted by molar-refractivity contribution is -0.918. The van der Waals surface area contributed by atoms with Crippen molar-refractivity contribution < 1.29 is 14.5 Å². The number of aryl methyl sites for hydroxylation is 1. The van der Waals surface area contributed by atoms with Gasteiger partial charge in [-0.25, -0.2) is 5.01 Å². The number of amides is 2. The number of benzene rings is 2. The van der Waals surface area contributed by atoms with Gasteiger partial charge in [0, 0.05) is 37.3 Å². The zero-order valence-corrected chi connectivity index (χ0v) is 17.4. The Kier molecular flexibility index (Phi) is 6.23. The molecule has 0 radical (unpaired) electrons. The summed E-state index contributed by atoms with van der Waals surface area (Å²) in [7, 11) is 0. The third-order valence-corrected chi connectivity index (χ3v) is 5.87. The number of nitrogens with one attached hydrogen (secondary N) is 2. The van der Waals surface area contributed by atoms with Crippen LogP contribution in [0.1, 0.15) is 36.8 Å². The summed E-state index contributed by atoms with van der Waals surface area (Å²) in [6.45, 7) is 5.09. The van der Waals surface area contributed by atoms with Gasteiger partial charge in [-0.2, -0.15) is 5.10 Å². The van der Waals surface area contributed by atoms with Crippen LogP contribution in [0.15, 0.2) is 59.7 Å². The van der Waals surface area contributed by atoms with Crippen LogP contribution in [0.25, 0.3) is 0 Å². The maximum atomic E-state index is 12.8. The Morgan fingerprint density at radius 2 is 1.87 bits per heavy atom. The molecule has 2 heterocycles. The maximum absolute atomic E-state index is 12.8. The van der Waals surface area contributed by atoms with Crippen LogP contribution in [0, 0.1) is 6.92 Å². The average Bonchev–Trinajstić information content (AvgIpc) is 2.76. The van der Waals surface area contributed by atoms with Crippen LogP contribution in [0.3, 0.4) is 0 Å². The molecule has 0 atom stereocenters. The molecule has 0 unspecified atom stereocenters. The van der Waals surface area contributed by atoms with E-state index >= 15 is 0 Å². The van der Waals surface area contributed by atoms with Gasteiger partial charge in [-0.3, -0.25) is 9.59 Å². The fourth-order valence-corrected chi connectivity index (χ4v) is 4.18. The number of anilines is 1. The lowest BCUT2D eigenvalue weighted by atomic mass is 10.0. The number of carbonyl (C=O) groups is 2. The van der Waals surface area contributed by atoms with Gasteiger partial charge in [0.2, 0.25) is 5.91 Å². The number of carbonyl (C=O) groups excluding carboxylic acids is 2. The molecule has 4 rings (SSSR count). The molecule has 156 valence electrons. The molecule has 0 aliphatic carbocycles. The van der Waals surface area contributed by atoms with E-state index in [4.69, 9.17) is 0 Å². The molecule has 0 aromatic heterocycles. The topological polar surface area (TPSA) is 66.2 Å². The summed E-state index contributed by atoms with van der Waals surface area (Å²) < 4.78 is 0. The Balaban J connectivity index is 1.33. The second-order valence-electron chi connectivity index (χ2n) is 8.25. The van der Waals surface area contributed by atoms with E-state index in [9.17, 15) is 9.59 Å². The molecule has 6 nitrogen and oxygen atoms in total. The van der Waals surface area contributed by atoms with Crippen molar-refractivity contribution in [3.63, 3.8) is 0 Å². The minimum atomic E-state index is -0.142. The Hall–Kier alpha value is -2.99. The van der Waals surface area contributed by atoms with E-state index < -0.39 is 0 Å². The highest BCUT2D eigenvalue weighted by molar-refractivity contribution is 6.40. The molecule has 2 N–H and O–H groups in total. The number of nitrogens with zero attached hydrogens (tertiary/aromatic N) is 2. The second kappa shape index (κ2) is 9.22. The van der Waals surface area contributed by atoms with E-state index in [0.29, 0.717) is 24.2 Å². The average molecular weight is 406 g/mol. The van der Waals surface area contributed by atoms with Crippen molar-refractivity contribution in [2.75, 3.05) is 18.1 Å². The smallest absolute Gasteiger partial charge is 0.267 e. The van der Waals surface area contributed by atoms with Crippen LogP contribution < -0.4 is 15.2 Å². The summed E-state index contributed by atoms with van der Waals surface area (Å²) in [6.07, 6.45) is 2.62. The molecular weight excluding hydrogens is 376 g/mol. The van der Waals surface area contributed by atoms with Crippen molar-refractivity contribution >= 4 is 23.2 Å². The van der Waals surface area contributed by atoms with E-state index in [-0.39, 0.29) is 17.9 Å². The first-order valence-corrected chi connectivity index (χ1v) is 10.7. The summed E-state index contributed by atoms with van der Waals surface area (Å²) in [6, 6.07) is 18.3. The normalized spacial score (nSPS) is 21.8. The van der Waals surface area contributed by atoms with Crippen molar-refractivity contribution in [1.29, 1.82) is 0 Å². The molecule has 1 fully saturated rings. The first-order chi connectivity index (χ1) is 14.6. The van der Waals surface area contributed by atoms with Gasteiger partial charge in [0.25, 0.3) is 5.91 Å². The van der Waals surface area contributed by atoms with Gasteiger partial charge in [0.1, 0.15) is 12.3 Å². The van der Waals surface area contributed by atoms with E-state index in [1.165, 1.54) is 10.6 Å². The fourth-order valence-electron chi connectivity index (χ4n) is 4.18. The zero-order valence-electron chi connectivity index (χ0n) is 17.4. The largest absolute Gasteiger partial charge is 0.348 e. The maximum Gasteiger partial charge on any atom is 0.267 e. The Morgan fingerprint density at radius 3 is 2.60 bits per heavy atom. The van der Waals surface area contributed by atoms with Gasteiger partial charge in [-0.15, -0.1) is 0 Å². The number of likely N-dealkylation sites (tertiary alicyclic amines) is 1. The van der Waals surface area contributed by atoms with Gasteiger partial charge < -0.3 is 10.2 Å². The van der Waals surface area contributed by atoms with E-state index in [0.717, 1.165) is 38.0 Å². The number of hydrogen-bond donors (Lipinski definition) is 2. The molecule has 2 aromatic carbocycles. The van der Waals surface area contributed by atoms with Crippen molar-refractivity contribution in [3.05, 3.63) is 65.7 Å². The number of hydrogen-bond acceptors (Lipinski definition) is 3. The van der Waals surface area contributed by atoms with Crippen LogP contribution in [-0.2, 0) is 16.1 Å². The number of rotatable bonds is 5. The Bertz CT molecular complexity index is 933. The molecule has 0 bridgehead atoms. The highest BCUT2D eigenvalue weighted by atomic mass is 16.2. The zero-order chi connectivity index (χ0) is 20.9. The van der Waals surface area contributed by atoms with Crippen LogP contribution in [0.5, 0.6) is 0 Å². The molecule has 2 aliphatic heterocycles. The molecule has 1 saturated heterocycles. The van der Waals surface area contributed by atoms with Crippen molar-refractivity contribution in [1.82, 2.24) is 5.32 Å². The number of quaternary nitrogens is 1. The standard InChI is InChI=1S/C24H28N4O2/c1-18-6-5-9-21(16-18)28-23(29)11-10-22(26-28)24(30)25-20-12-14-27(15-13-20)17-19-7-3-2-4-8-19/h2-9,16,20H,10-15,17H2,1H3,(H,25,30)/p+1. The van der Waals surface area contributed by atoms with Crippen molar-refractivity contribution in [2.24, 2.45) is 5.10 Å². The third kappa shape index (κ3) is 4.94. The molecule has 2 aromatic rings. The van der Waals surface area contributed by atoms with Crippen LogP contribution in [0.4, 0.5) is 5.69 Å². The molecule has 2 aliphatic rings. The van der Waals surface area contributed by atoms with Gasteiger partial charge in [-0.05, 0) is 24.6 Å². The predicted octanol–water partition coefficient (Wildman–Crippen LogP) is 1.84. The summed E-state index contributed by atoms with van der Waals surface area (Å²) in [5, 5.41) is 8.92. The van der Waals surface area contributed by atoms with Crippen LogP contribution in [-0.4, -0.2) is 36.7 Å². The minimum absolute atomic E-state index is 0.0741. The summed E-state index contributed by atoms with van der Waals surface area (Å²) in [5.74, 6) is -0.216. The first-order valence-electron chi connectivity index (χ1n) is 10.7. The fraction of sp³-hybridized carbons (Fsp3) is 0.375. The Labute approximate surface area is 177 Å². The quantitative estimate of drug-likeness (QED) is 0.797. The van der Waals surface area contributed by atoms with Crippen LogP contribution in [0.2, 0.25) is 0 Å². The van der Waals surface area contributed by atoms with E-state index in [1.807, 2.05) is 37.3 Å². The monoisotopic (exact) mass is 405 g/mol. The van der Waals surface area contributed by atoms with E-state index in [2.05, 4.69) is 34.7 Å². The van der Waals surface area contributed by atoms with Gasteiger partial charge in [0.05, 0.1) is 18.8 Å². The van der Waals surface area contributed by atoms with Gasteiger partial charge in [0.15, 0.2) is 0 Å². The molecule has 30 heavy (non-hydrogen) atoms. The molecular formula is C24H29N4O2+. The highest BCUT2D eigenvalue weighted by Crippen LogP contribution is 2.21. The molecule has 0 saturated carbocycles. The predicted molar refractivity (Wildman–Crippen MR) is 117 cm³/mol. The SMILES string of the molecule is Cc1cccc(N2N=C(C(=O)NC3CC[NH+](Cc4ccccc4)CC3)CCC2=O)c1.